The summed E-state index contributed by atoms with van der Waals surface area (Å²) in [5.74, 6) is -1.28. The van der Waals surface area contributed by atoms with E-state index in [4.69, 9.17) is 5.14 Å². The molecule has 3 N–H and O–H groups in total. The maximum atomic E-state index is 13.7. The van der Waals surface area contributed by atoms with Gasteiger partial charge in [0.1, 0.15) is 5.82 Å². The molecule has 1 amide bonds. The minimum atomic E-state index is -3.97. The van der Waals surface area contributed by atoms with Crippen molar-refractivity contribution < 1.29 is 17.6 Å². The second kappa shape index (κ2) is 6.02. The van der Waals surface area contributed by atoms with Gasteiger partial charge in [0.2, 0.25) is 15.9 Å². The molecule has 0 atom stereocenters. The molecule has 112 valence electrons. The third kappa shape index (κ3) is 4.10. The van der Waals surface area contributed by atoms with Crippen molar-refractivity contribution in [2.75, 3.05) is 5.32 Å². The maximum absolute atomic E-state index is 13.7. The monoisotopic (exact) mass is 312 g/mol. The molecule has 0 aliphatic heterocycles. The molecule has 2 aromatic rings. The van der Waals surface area contributed by atoms with E-state index >= 15 is 0 Å². The summed E-state index contributed by atoms with van der Waals surface area (Å²) in [5.41, 5.74) is -0.104. The van der Waals surface area contributed by atoms with Crippen LogP contribution in [0.25, 0.3) is 0 Å². The number of rotatable bonds is 5. The van der Waals surface area contributed by atoms with E-state index < -0.39 is 21.7 Å². The van der Waals surface area contributed by atoms with Crippen molar-refractivity contribution in [3.05, 3.63) is 42.5 Å². The van der Waals surface area contributed by atoms with Gasteiger partial charge in [0.25, 0.3) is 0 Å². The molecule has 1 aromatic heterocycles. The lowest BCUT2D eigenvalue weighted by Gasteiger charge is -2.07. The Kier molecular flexibility index (Phi) is 4.34. The van der Waals surface area contributed by atoms with Gasteiger partial charge in [0, 0.05) is 25.4 Å². The fourth-order valence-corrected chi connectivity index (χ4v) is 2.16. The zero-order valence-corrected chi connectivity index (χ0v) is 11.7. The number of sulfonamides is 1. The molecule has 0 radical (unpaired) electrons. The molecule has 9 heteroatoms. The Morgan fingerprint density at radius 2 is 2.19 bits per heavy atom. The van der Waals surface area contributed by atoms with Gasteiger partial charge in [-0.25, -0.2) is 17.9 Å². The molecule has 0 saturated carbocycles. The van der Waals surface area contributed by atoms with Crippen LogP contribution in [0.15, 0.2) is 41.6 Å². The number of carbonyl (C=O) groups excluding carboxylic acids is 1. The van der Waals surface area contributed by atoms with Crippen LogP contribution in [0.1, 0.15) is 6.42 Å². The highest BCUT2D eigenvalue weighted by Gasteiger charge is 2.13. The number of benzene rings is 1. The maximum Gasteiger partial charge on any atom is 0.238 e. The highest BCUT2D eigenvalue weighted by atomic mass is 32.2. The molecular weight excluding hydrogens is 299 g/mol. The Balaban J connectivity index is 2.01. The van der Waals surface area contributed by atoms with E-state index in [0.29, 0.717) is 6.54 Å². The third-order valence-corrected chi connectivity index (χ3v) is 3.58. The zero-order chi connectivity index (χ0) is 15.5. The Labute approximate surface area is 120 Å². The Hall–Kier alpha value is -2.26. The first-order valence-electron chi connectivity index (χ1n) is 5.96. The number of halogens is 1. The van der Waals surface area contributed by atoms with Gasteiger partial charge in [-0.1, -0.05) is 0 Å². The molecule has 0 aliphatic rings. The van der Waals surface area contributed by atoms with E-state index in [1.54, 1.807) is 23.1 Å². The van der Waals surface area contributed by atoms with E-state index in [0.717, 1.165) is 18.2 Å². The van der Waals surface area contributed by atoms with Crippen LogP contribution in [-0.4, -0.2) is 24.1 Å². The number of primary sulfonamides is 1. The van der Waals surface area contributed by atoms with Gasteiger partial charge < -0.3 is 5.32 Å². The van der Waals surface area contributed by atoms with Crippen molar-refractivity contribution in [1.29, 1.82) is 0 Å². The molecule has 21 heavy (non-hydrogen) atoms. The topological polar surface area (TPSA) is 107 Å². The normalized spacial score (nSPS) is 11.3. The lowest BCUT2D eigenvalue weighted by atomic mass is 10.3. The molecule has 2 rings (SSSR count). The molecule has 0 saturated heterocycles. The van der Waals surface area contributed by atoms with Crippen LogP contribution in [-0.2, 0) is 21.4 Å². The van der Waals surface area contributed by atoms with Gasteiger partial charge in [-0.05, 0) is 24.3 Å². The number of amides is 1. The number of nitrogens with zero attached hydrogens (tertiary/aromatic N) is 2. The number of aromatic nitrogens is 2. The van der Waals surface area contributed by atoms with Crippen LogP contribution in [0.4, 0.5) is 10.1 Å². The van der Waals surface area contributed by atoms with Crippen LogP contribution in [0.2, 0.25) is 0 Å². The summed E-state index contributed by atoms with van der Waals surface area (Å²) in [6.45, 7) is 0.357. The summed E-state index contributed by atoms with van der Waals surface area (Å²) in [4.78, 5) is 11.3. The third-order valence-electron chi connectivity index (χ3n) is 2.67. The van der Waals surface area contributed by atoms with E-state index in [1.165, 1.54) is 0 Å². The van der Waals surface area contributed by atoms with Crippen molar-refractivity contribution in [3.63, 3.8) is 0 Å². The summed E-state index contributed by atoms with van der Waals surface area (Å²) in [6, 6.07) is 4.77. The van der Waals surface area contributed by atoms with Crippen molar-refractivity contribution in [2.24, 2.45) is 5.14 Å². The van der Waals surface area contributed by atoms with Crippen molar-refractivity contribution in [2.45, 2.75) is 17.9 Å². The number of carbonyl (C=O) groups is 1. The Morgan fingerprint density at radius 1 is 1.43 bits per heavy atom. The molecule has 0 spiro atoms. The molecule has 7 nitrogen and oxygen atoms in total. The molecule has 0 bridgehead atoms. The standard InChI is InChI=1S/C12H13FN4O3S/c13-10-8-9(21(14,19)20)2-3-11(10)16-12(18)4-7-17-6-1-5-15-17/h1-3,5-6,8H,4,7H2,(H,16,18)(H2,14,19,20). The fraction of sp³-hybridized carbons (Fsp3) is 0.167. The fourth-order valence-electron chi connectivity index (χ4n) is 1.64. The van der Waals surface area contributed by atoms with Gasteiger partial charge >= 0.3 is 0 Å². The van der Waals surface area contributed by atoms with Crippen molar-refractivity contribution >= 4 is 21.6 Å². The number of hydrogen-bond donors (Lipinski definition) is 2. The summed E-state index contributed by atoms with van der Waals surface area (Å²) in [7, 11) is -3.97. The van der Waals surface area contributed by atoms with Gasteiger partial charge in [-0.3, -0.25) is 9.48 Å². The van der Waals surface area contributed by atoms with Gasteiger partial charge in [0.15, 0.2) is 0 Å². The van der Waals surface area contributed by atoms with Crippen molar-refractivity contribution in [1.82, 2.24) is 9.78 Å². The molecule has 0 unspecified atom stereocenters. The van der Waals surface area contributed by atoms with Crippen LogP contribution in [0.5, 0.6) is 0 Å². The quantitative estimate of drug-likeness (QED) is 0.847. The lowest BCUT2D eigenvalue weighted by Crippen LogP contribution is -2.16. The van der Waals surface area contributed by atoms with Crippen LogP contribution >= 0.6 is 0 Å². The summed E-state index contributed by atoms with van der Waals surface area (Å²) in [5, 5.41) is 11.2. The van der Waals surface area contributed by atoms with E-state index in [9.17, 15) is 17.6 Å². The number of aryl methyl sites for hydroxylation is 1. The number of anilines is 1. The van der Waals surface area contributed by atoms with E-state index in [2.05, 4.69) is 10.4 Å². The van der Waals surface area contributed by atoms with Gasteiger partial charge in [0.05, 0.1) is 10.6 Å². The summed E-state index contributed by atoms with van der Waals surface area (Å²) in [6.07, 6.45) is 3.40. The predicted molar refractivity (Wildman–Crippen MR) is 73.2 cm³/mol. The van der Waals surface area contributed by atoms with Crippen molar-refractivity contribution in [3.8, 4) is 0 Å². The van der Waals surface area contributed by atoms with Crippen LogP contribution in [0, 0.1) is 5.82 Å². The number of nitrogens with two attached hydrogens (primary N) is 1. The second-order valence-electron chi connectivity index (χ2n) is 4.25. The SMILES string of the molecule is NS(=O)(=O)c1ccc(NC(=O)CCn2cccn2)c(F)c1. The average Bonchev–Trinajstić information content (AvgIpc) is 2.91. The molecule has 0 fully saturated rings. The Morgan fingerprint density at radius 3 is 2.76 bits per heavy atom. The first-order valence-corrected chi connectivity index (χ1v) is 7.50. The smallest absolute Gasteiger partial charge is 0.238 e. The molecule has 0 aliphatic carbocycles. The minimum absolute atomic E-state index is 0.104. The number of nitrogens with one attached hydrogen (secondary N) is 1. The van der Waals surface area contributed by atoms with E-state index in [-0.39, 0.29) is 17.0 Å². The summed E-state index contributed by atoms with van der Waals surface area (Å²) < 4.78 is 37.4. The predicted octanol–water partition coefficient (Wildman–Crippen LogP) is 0.698. The van der Waals surface area contributed by atoms with Gasteiger partial charge in [-0.2, -0.15) is 5.10 Å². The summed E-state index contributed by atoms with van der Waals surface area (Å²) >= 11 is 0. The molecule has 1 heterocycles. The first-order chi connectivity index (χ1) is 9.86. The molecular formula is C12H13FN4O3S. The highest BCUT2D eigenvalue weighted by molar-refractivity contribution is 7.89. The largest absolute Gasteiger partial charge is 0.324 e. The van der Waals surface area contributed by atoms with Crippen LogP contribution in [0.3, 0.4) is 0 Å². The van der Waals surface area contributed by atoms with E-state index in [1.807, 2.05) is 0 Å². The molecule has 1 aromatic carbocycles. The first kappa shape index (κ1) is 15.1. The Bertz CT molecular complexity index is 744. The van der Waals surface area contributed by atoms with Gasteiger partial charge in [-0.15, -0.1) is 0 Å². The highest BCUT2D eigenvalue weighted by Crippen LogP contribution is 2.18. The lowest BCUT2D eigenvalue weighted by molar-refractivity contribution is -0.116. The number of hydrogen-bond acceptors (Lipinski definition) is 4. The second-order valence-corrected chi connectivity index (χ2v) is 5.82. The minimum Gasteiger partial charge on any atom is -0.324 e. The van der Waals surface area contributed by atoms with Crippen LogP contribution < -0.4 is 10.5 Å². The zero-order valence-electron chi connectivity index (χ0n) is 10.9. The average molecular weight is 312 g/mol.